The molecule has 14 heteroatoms. The second-order valence-electron chi connectivity index (χ2n) is 6.68. The highest BCUT2D eigenvalue weighted by molar-refractivity contribution is 5.73. The highest BCUT2D eigenvalue weighted by atomic mass is 16.7. The van der Waals surface area contributed by atoms with Gasteiger partial charge in [0.15, 0.2) is 12.6 Å². The normalized spacial score (nSPS) is 42.7. The molecule has 29 heavy (non-hydrogen) atoms. The van der Waals surface area contributed by atoms with E-state index in [4.69, 9.17) is 24.5 Å². The number of carbonyl (C=O) groups is 1. The van der Waals surface area contributed by atoms with Crippen LogP contribution in [0.25, 0.3) is 10.4 Å². The van der Waals surface area contributed by atoms with Crippen LogP contribution in [0.15, 0.2) is 5.11 Å². The van der Waals surface area contributed by atoms with Gasteiger partial charge in [0.05, 0.1) is 25.4 Å². The zero-order valence-corrected chi connectivity index (χ0v) is 15.8. The number of amides is 1. The molecule has 0 bridgehead atoms. The van der Waals surface area contributed by atoms with Crippen LogP contribution in [0.2, 0.25) is 0 Å². The van der Waals surface area contributed by atoms with Gasteiger partial charge in [-0.05, 0) is 5.53 Å². The molecule has 2 aliphatic heterocycles. The molecule has 2 saturated heterocycles. The molecule has 0 radical (unpaired) electrons. The van der Waals surface area contributed by atoms with Crippen LogP contribution >= 0.6 is 0 Å². The number of azide groups is 1. The maximum absolute atomic E-state index is 11.5. The number of hydrogen-bond donors (Lipinski definition) is 6. The maximum Gasteiger partial charge on any atom is 0.217 e. The van der Waals surface area contributed by atoms with E-state index >= 15 is 0 Å². The topological polar surface area (TPSA) is 216 Å². The lowest BCUT2D eigenvalue weighted by atomic mass is 9.95. The highest BCUT2D eigenvalue weighted by Crippen LogP contribution is 2.30. The fourth-order valence-corrected chi connectivity index (χ4v) is 3.36. The number of methoxy groups -OCH3 is 1. The van der Waals surface area contributed by atoms with Gasteiger partial charge in [0.1, 0.15) is 36.6 Å². The zero-order valence-electron chi connectivity index (χ0n) is 15.8. The lowest BCUT2D eigenvalue weighted by molar-refractivity contribution is -0.335. The molecule has 0 aromatic heterocycles. The summed E-state index contributed by atoms with van der Waals surface area (Å²) in [5.41, 5.74) is 8.66. The van der Waals surface area contributed by atoms with E-state index in [0.29, 0.717) is 0 Å². The number of nitrogens with one attached hydrogen (secondary N) is 1. The molecule has 166 valence electrons. The number of hydrogen-bond acceptors (Lipinski definition) is 11. The van der Waals surface area contributed by atoms with Crippen molar-refractivity contribution in [2.75, 3.05) is 20.3 Å². The first-order valence-electron chi connectivity index (χ1n) is 8.85. The first-order valence-corrected chi connectivity index (χ1v) is 8.85. The summed E-state index contributed by atoms with van der Waals surface area (Å²) in [5, 5.41) is 56.0. The summed E-state index contributed by atoms with van der Waals surface area (Å²) < 4.78 is 21.5. The summed E-state index contributed by atoms with van der Waals surface area (Å²) in [6, 6.07) is -2.47. The average Bonchev–Trinajstić information content (AvgIpc) is 2.69. The first-order chi connectivity index (χ1) is 13.8. The fraction of sp³-hybridized carbons (Fsp3) is 0.933. The molecule has 2 aliphatic rings. The van der Waals surface area contributed by atoms with Gasteiger partial charge in [0.2, 0.25) is 5.91 Å². The van der Waals surface area contributed by atoms with Crippen LogP contribution in [0.5, 0.6) is 0 Å². The van der Waals surface area contributed by atoms with E-state index in [-0.39, 0.29) is 0 Å². The van der Waals surface area contributed by atoms with Crippen LogP contribution < -0.4 is 5.32 Å². The quantitative estimate of drug-likeness (QED) is 0.136. The summed E-state index contributed by atoms with van der Waals surface area (Å²) in [7, 11) is 1.29. The average molecular weight is 422 g/mol. The van der Waals surface area contributed by atoms with Crippen molar-refractivity contribution in [1.82, 2.24) is 5.32 Å². The van der Waals surface area contributed by atoms with Crippen molar-refractivity contribution in [3.05, 3.63) is 10.4 Å². The van der Waals surface area contributed by atoms with E-state index in [1.165, 1.54) is 14.0 Å². The van der Waals surface area contributed by atoms with Crippen molar-refractivity contribution in [2.24, 2.45) is 5.11 Å². The molecular formula is C15H26N4O10. The van der Waals surface area contributed by atoms with Crippen LogP contribution in [0.3, 0.4) is 0 Å². The molecule has 0 aliphatic carbocycles. The molecular weight excluding hydrogens is 396 g/mol. The van der Waals surface area contributed by atoms with Crippen LogP contribution in [0.4, 0.5) is 0 Å². The van der Waals surface area contributed by atoms with Crippen molar-refractivity contribution in [3.63, 3.8) is 0 Å². The minimum absolute atomic E-state index is 0.485. The molecule has 2 rings (SSSR count). The number of aliphatic hydroxyl groups excluding tert-OH is 5. The van der Waals surface area contributed by atoms with Crippen molar-refractivity contribution >= 4 is 5.91 Å². The van der Waals surface area contributed by atoms with Gasteiger partial charge in [-0.1, -0.05) is 5.11 Å². The number of nitrogens with zero attached hydrogens (tertiary/aromatic N) is 3. The highest BCUT2D eigenvalue weighted by Gasteiger charge is 2.51. The third-order valence-electron chi connectivity index (χ3n) is 4.78. The summed E-state index contributed by atoms with van der Waals surface area (Å²) in [6.07, 6.45) is -11.0. The Bertz CT molecular complexity index is 606. The SMILES string of the molecule is CO[C@@H]1O[C@H](CO)[C@@H](O[C@@H]2O[C@H](CO)[C@H](O)[C@H](N=[N+]=[N-])[C@H]2O)[C@H](O)[C@H]1NC(C)=O. The monoisotopic (exact) mass is 422 g/mol. The van der Waals surface area contributed by atoms with Gasteiger partial charge in [-0.3, -0.25) is 4.79 Å². The van der Waals surface area contributed by atoms with Gasteiger partial charge in [0.25, 0.3) is 0 Å². The van der Waals surface area contributed by atoms with Crippen LogP contribution in [-0.2, 0) is 23.7 Å². The molecule has 0 spiro atoms. The number of ether oxygens (including phenoxy) is 4. The maximum atomic E-state index is 11.5. The predicted octanol–water partition coefficient (Wildman–Crippen LogP) is -3.28. The fourth-order valence-electron chi connectivity index (χ4n) is 3.36. The number of rotatable bonds is 7. The van der Waals surface area contributed by atoms with E-state index in [9.17, 15) is 30.3 Å². The van der Waals surface area contributed by atoms with E-state index in [1.54, 1.807) is 0 Å². The Hall–Kier alpha value is -1.58. The molecule has 0 unspecified atom stereocenters. The van der Waals surface area contributed by atoms with Crippen molar-refractivity contribution < 1.29 is 49.3 Å². The second-order valence-corrected chi connectivity index (χ2v) is 6.68. The van der Waals surface area contributed by atoms with Crippen LogP contribution in [0, 0.1) is 0 Å². The molecule has 1 amide bonds. The smallest absolute Gasteiger partial charge is 0.217 e. The van der Waals surface area contributed by atoms with E-state index < -0.39 is 80.4 Å². The molecule has 2 fully saturated rings. The Morgan fingerprint density at radius 2 is 1.72 bits per heavy atom. The van der Waals surface area contributed by atoms with Crippen LogP contribution in [0.1, 0.15) is 6.92 Å². The largest absolute Gasteiger partial charge is 0.394 e. The molecule has 0 saturated carbocycles. The zero-order chi connectivity index (χ0) is 21.7. The minimum atomic E-state index is -1.66. The van der Waals surface area contributed by atoms with Gasteiger partial charge < -0.3 is 49.8 Å². The molecule has 2 heterocycles. The second kappa shape index (κ2) is 10.4. The lowest BCUT2D eigenvalue weighted by Gasteiger charge is -2.47. The summed E-state index contributed by atoms with van der Waals surface area (Å²) in [5.74, 6) is -0.485. The lowest BCUT2D eigenvalue weighted by Crippen LogP contribution is -2.67. The molecule has 0 aromatic rings. The minimum Gasteiger partial charge on any atom is -0.394 e. The van der Waals surface area contributed by atoms with Gasteiger partial charge in [-0.25, -0.2) is 0 Å². The Morgan fingerprint density at radius 3 is 2.24 bits per heavy atom. The molecule has 10 atom stereocenters. The van der Waals surface area contributed by atoms with Gasteiger partial charge >= 0.3 is 0 Å². The summed E-state index contributed by atoms with van der Waals surface area (Å²) in [4.78, 5) is 14.0. The Labute approximate surface area is 165 Å². The van der Waals surface area contributed by atoms with Crippen molar-refractivity contribution in [1.29, 1.82) is 0 Å². The molecule has 6 N–H and O–H groups in total. The van der Waals surface area contributed by atoms with Crippen LogP contribution in [-0.4, -0.2) is 113 Å². The third kappa shape index (κ3) is 5.13. The van der Waals surface area contributed by atoms with Crippen molar-refractivity contribution in [2.45, 2.75) is 68.2 Å². The Balaban J connectivity index is 2.25. The van der Waals surface area contributed by atoms with Gasteiger partial charge in [0, 0.05) is 18.9 Å². The first kappa shape index (κ1) is 23.7. The summed E-state index contributed by atoms with van der Waals surface area (Å²) in [6.45, 7) is -0.0548. The predicted molar refractivity (Wildman–Crippen MR) is 91.9 cm³/mol. The Kier molecular flexibility index (Phi) is 8.54. The Morgan fingerprint density at radius 1 is 1.10 bits per heavy atom. The summed E-state index contributed by atoms with van der Waals surface area (Å²) >= 11 is 0. The standard InChI is InChI=1S/C15H26N4O10/c1-5(22)17-9-11(24)13(7(4-21)28-14(9)26-2)29-15-12(25)8(18-19-16)10(23)6(3-20)27-15/h6-15,20-21,23-25H,3-4H2,1-2H3,(H,17,22)/t6-,7-,8+,9-,10+,11-,12-,13-,14-,15+/m1/s1. The van der Waals surface area contributed by atoms with Gasteiger partial charge in [-0.2, -0.15) is 0 Å². The molecule has 14 nitrogen and oxygen atoms in total. The number of aliphatic hydroxyl groups is 5. The van der Waals surface area contributed by atoms with E-state index in [0.717, 1.165) is 0 Å². The van der Waals surface area contributed by atoms with Gasteiger partial charge in [-0.15, -0.1) is 0 Å². The van der Waals surface area contributed by atoms with E-state index in [1.807, 2.05) is 0 Å². The van der Waals surface area contributed by atoms with E-state index in [2.05, 4.69) is 15.3 Å². The molecule has 0 aromatic carbocycles. The van der Waals surface area contributed by atoms with Crippen molar-refractivity contribution in [3.8, 4) is 0 Å². The third-order valence-corrected chi connectivity index (χ3v) is 4.78. The number of carbonyl (C=O) groups excluding carboxylic acids is 1.